The Balaban J connectivity index is 2.43. The molecule has 1 atom stereocenters. The van der Waals surface area contributed by atoms with Crippen molar-refractivity contribution in [2.24, 2.45) is 5.73 Å². The summed E-state index contributed by atoms with van der Waals surface area (Å²) in [5.41, 5.74) is 7.23. The molecule has 0 spiro atoms. The third kappa shape index (κ3) is 2.91. The van der Waals surface area contributed by atoms with Crippen molar-refractivity contribution in [3.63, 3.8) is 0 Å². The molecule has 4 heteroatoms. The Labute approximate surface area is 118 Å². The zero-order valence-corrected chi connectivity index (χ0v) is 11.8. The van der Waals surface area contributed by atoms with Crippen LogP contribution in [-0.4, -0.2) is 7.11 Å². The van der Waals surface area contributed by atoms with Crippen LogP contribution in [0.15, 0.2) is 36.4 Å². The molecule has 2 aromatic carbocycles. The number of hydrogen-bond acceptors (Lipinski definition) is 3. The molecule has 0 radical (unpaired) electrons. The number of hydrogen-bond donors (Lipinski definition) is 1. The van der Waals surface area contributed by atoms with Gasteiger partial charge in [0.15, 0.2) is 11.5 Å². The zero-order chi connectivity index (χ0) is 14.7. The average molecular weight is 275 g/mol. The molecule has 3 nitrogen and oxygen atoms in total. The van der Waals surface area contributed by atoms with Crippen molar-refractivity contribution in [1.82, 2.24) is 0 Å². The number of benzene rings is 2. The second-order valence-electron chi connectivity index (χ2n) is 4.70. The summed E-state index contributed by atoms with van der Waals surface area (Å²) in [6.07, 6.45) is 0. The van der Waals surface area contributed by atoms with Gasteiger partial charge in [0.25, 0.3) is 0 Å². The summed E-state index contributed by atoms with van der Waals surface area (Å²) in [6, 6.07) is 9.77. The minimum atomic E-state index is -0.456. The van der Waals surface area contributed by atoms with Crippen LogP contribution < -0.4 is 15.2 Å². The minimum absolute atomic E-state index is 0.357. The molecule has 0 amide bonds. The molecule has 106 valence electrons. The Kier molecular flexibility index (Phi) is 4.25. The van der Waals surface area contributed by atoms with Crippen LogP contribution >= 0.6 is 0 Å². The van der Waals surface area contributed by atoms with Gasteiger partial charge in [0.1, 0.15) is 11.6 Å². The maximum absolute atomic E-state index is 13.9. The van der Waals surface area contributed by atoms with E-state index in [1.165, 1.54) is 6.07 Å². The molecular formula is C16H18FNO2. The number of halogens is 1. The van der Waals surface area contributed by atoms with E-state index >= 15 is 0 Å². The van der Waals surface area contributed by atoms with E-state index in [2.05, 4.69) is 0 Å². The van der Waals surface area contributed by atoms with Gasteiger partial charge < -0.3 is 15.2 Å². The first kappa shape index (κ1) is 14.3. The lowest BCUT2D eigenvalue weighted by molar-refractivity contribution is 0.375. The molecular weight excluding hydrogens is 257 g/mol. The molecule has 20 heavy (non-hydrogen) atoms. The standard InChI is InChI=1S/C16H18FNO2/c1-10-7-8-13(15(9-10)19-3)20-14-6-4-5-12(17)16(14)11(2)18/h4-9,11H,18H2,1-3H3. The van der Waals surface area contributed by atoms with Crippen molar-refractivity contribution in [2.75, 3.05) is 7.11 Å². The molecule has 0 heterocycles. The molecule has 0 fully saturated rings. The molecule has 2 aromatic rings. The van der Waals surface area contributed by atoms with Gasteiger partial charge in [-0.25, -0.2) is 4.39 Å². The van der Waals surface area contributed by atoms with E-state index in [0.29, 0.717) is 22.8 Å². The third-order valence-electron chi connectivity index (χ3n) is 3.01. The molecule has 2 rings (SSSR count). The SMILES string of the molecule is COc1cc(C)ccc1Oc1cccc(F)c1C(C)N. The Morgan fingerprint density at radius 2 is 1.85 bits per heavy atom. The highest BCUT2D eigenvalue weighted by Gasteiger charge is 2.15. The van der Waals surface area contributed by atoms with Crippen molar-refractivity contribution in [1.29, 1.82) is 0 Å². The highest BCUT2D eigenvalue weighted by molar-refractivity contribution is 5.47. The van der Waals surface area contributed by atoms with Gasteiger partial charge in [-0.05, 0) is 43.7 Å². The smallest absolute Gasteiger partial charge is 0.169 e. The van der Waals surface area contributed by atoms with E-state index in [1.54, 1.807) is 32.2 Å². The second kappa shape index (κ2) is 5.92. The van der Waals surface area contributed by atoms with Crippen molar-refractivity contribution >= 4 is 0 Å². The van der Waals surface area contributed by atoms with E-state index in [4.69, 9.17) is 15.2 Å². The summed E-state index contributed by atoms with van der Waals surface area (Å²) in [7, 11) is 1.57. The number of nitrogens with two attached hydrogens (primary N) is 1. The van der Waals surface area contributed by atoms with Crippen molar-refractivity contribution in [3.8, 4) is 17.2 Å². The van der Waals surface area contributed by atoms with Crippen molar-refractivity contribution in [3.05, 3.63) is 53.3 Å². The summed E-state index contributed by atoms with van der Waals surface area (Å²) in [5.74, 6) is 1.17. The van der Waals surface area contributed by atoms with Crippen LogP contribution in [0.4, 0.5) is 4.39 Å². The fraction of sp³-hybridized carbons (Fsp3) is 0.250. The predicted octanol–water partition coefficient (Wildman–Crippen LogP) is 3.95. The number of ether oxygens (including phenoxy) is 2. The highest BCUT2D eigenvalue weighted by Crippen LogP contribution is 2.35. The number of aryl methyl sites for hydroxylation is 1. The topological polar surface area (TPSA) is 44.5 Å². The number of rotatable bonds is 4. The Morgan fingerprint density at radius 3 is 2.50 bits per heavy atom. The van der Waals surface area contributed by atoms with Crippen molar-refractivity contribution < 1.29 is 13.9 Å². The quantitative estimate of drug-likeness (QED) is 0.918. The molecule has 2 N–H and O–H groups in total. The van der Waals surface area contributed by atoms with Gasteiger partial charge in [-0.1, -0.05) is 12.1 Å². The van der Waals surface area contributed by atoms with Crippen LogP contribution in [0.5, 0.6) is 17.2 Å². The first-order valence-corrected chi connectivity index (χ1v) is 6.39. The van der Waals surface area contributed by atoms with Crippen LogP contribution in [0.3, 0.4) is 0 Å². The maximum Gasteiger partial charge on any atom is 0.169 e. The van der Waals surface area contributed by atoms with E-state index in [0.717, 1.165) is 5.56 Å². The maximum atomic E-state index is 13.9. The van der Waals surface area contributed by atoms with Crippen molar-refractivity contribution in [2.45, 2.75) is 19.9 Å². The van der Waals surface area contributed by atoms with Crippen LogP contribution in [0.25, 0.3) is 0 Å². The van der Waals surface area contributed by atoms with E-state index in [-0.39, 0.29) is 5.82 Å². The van der Waals surface area contributed by atoms with Gasteiger partial charge in [0, 0.05) is 11.6 Å². The van der Waals surface area contributed by atoms with Gasteiger partial charge in [-0.2, -0.15) is 0 Å². The van der Waals surface area contributed by atoms with Crippen LogP contribution in [-0.2, 0) is 0 Å². The lowest BCUT2D eigenvalue weighted by Crippen LogP contribution is -2.09. The highest BCUT2D eigenvalue weighted by atomic mass is 19.1. The summed E-state index contributed by atoms with van der Waals surface area (Å²) in [6.45, 7) is 3.68. The van der Waals surface area contributed by atoms with E-state index < -0.39 is 6.04 Å². The molecule has 0 bridgehead atoms. The second-order valence-corrected chi connectivity index (χ2v) is 4.70. The fourth-order valence-electron chi connectivity index (χ4n) is 2.03. The largest absolute Gasteiger partial charge is 0.493 e. The molecule has 0 saturated carbocycles. The summed E-state index contributed by atoms with van der Waals surface area (Å²) < 4.78 is 24.9. The summed E-state index contributed by atoms with van der Waals surface area (Å²) in [5, 5.41) is 0. The normalized spacial score (nSPS) is 12.1. The van der Waals surface area contributed by atoms with Gasteiger partial charge in [-0.15, -0.1) is 0 Å². The zero-order valence-electron chi connectivity index (χ0n) is 11.8. The van der Waals surface area contributed by atoms with Gasteiger partial charge in [0.05, 0.1) is 7.11 Å². The van der Waals surface area contributed by atoms with Gasteiger partial charge in [-0.3, -0.25) is 0 Å². The lowest BCUT2D eigenvalue weighted by atomic mass is 10.1. The van der Waals surface area contributed by atoms with Crippen LogP contribution in [0, 0.1) is 12.7 Å². The Morgan fingerprint density at radius 1 is 1.10 bits per heavy atom. The molecule has 0 saturated heterocycles. The lowest BCUT2D eigenvalue weighted by Gasteiger charge is -2.16. The van der Waals surface area contributed by atoms with Gasteiger partial charge in [0.2, 0.25) is 0 Å². The van der Waals surface area contributed by atoms with Gasteiger partial charge >= 0.3 is 0 Å². The van der Waals surface area contributed by atoms with E-state index in [1.807, 2.05) is 19.1 Å². The predicted molar refractivity (Wildman–Crippen MR) is 76.8 cm³/mol. The molecule has 1 unspecified atom stereocenters. The van der Waals surface area contributed by atoms with E-state index in [9.17, 15) is 4.39 Å². The monoisotopic (exact) mass is 275 g/mol. The first-order valence-electron chi connectivity index (χ1n) is 6.39. The van der Waals surface area contributed by atoms with Crippen LogP contribution in [0.2, 0.25) is 0 Å². The summed E-state index contributed by atoms with van der Waals surface area (Å²) >= 11 is 0. The summed E-state index contributed by atoms with van der Waals surface area (Å²) in [4.78, 5) is 0. The Bertz CT molecular complexity index is 611. The molecule has 0 aliphatic heterocycles. The minimum Gasteiger partial charge on any atom is -0.493 e. The molecule has 0 aromatic heterocycles. The number of methoxy groups -OCH3 is 1. The molecule has 0 aliphatic carbocycles. The Hall–Kier alpha value is -2.07. The molecule has 0 aliphatic rings. The fourth-order valence-corrected chi connectivity index (χ4v) is 2.03. The van der Waals surface area contributed by atoms with Crippen LogP contribution in [0.1, 0.15) is 24.1 Å². The third-order valence-corrected chi connectivity index (χ3v) is 3.01. The first-order chi connectivity index (χ1) is 9.52. The average Bonchev–Trinajstić information content (AvgIpc) is 2.40.